The first kappa shape index (κ1) is 17.6. The van der Waals surface area contributed by atoms with Gasteiger partial charge in [-0.15, -0.1) is 0 Å². The Labute approximate surface area is 131 Å². The van der Waals surface area contributed by atoms with Crippen molar-refractivity contribution in [1.82, 2.24) is 5.32 Å². The van der Waals surface area contributed by atoms with Crippen LogP contribution >= 0.6 is 12.2 Å². The number of nitrogens with one attached hydrogen (secondary N) is 1. The van der Waals surface area contributed by atoms with E-state index in [0.717, 1.165) is 25.7 Å². The highest BCUT2D eigenvalue weighted by Gasteiger charge is 2.16. The zero-order chi connectivity index (χ0) is 15.8. The number of carbonyl (C=O) groups is 1. The summed E-state index contributed by atoms with van der Waals surface area (Å²) in [6.07, 6.45) is 3.66. The average molecular weight is 310 g/mol. The normalized spacial score (nSPS) is 10.7. The van der Waals surface area contributed by atoms with Gasteiger partial charge in [0.05, 0.1) is 0 Å². The number of hydrogen-bond acceptors (Lipinski definition) is 2. The summed E-state index contributed by atoms with van der Waals surface area (Å²) in [4.78, 5) is 12.3. The molecular formula is C16H23FN2OS. The molecule has 0 aromatic heterocycles. The van der Waals surface area contributed by atoms with Crippen molar-refractivity contribution >= 4 is 23.1 Å². The Morgan fingerprint density at radius 2 is 1.95 bits per heavy atom. The van der Waals surface area contributed by atoms with Gasteiger partial charge in [-0.25, -0.2) is 4.39 Å². The van der Waals surface area contributed by atoms with Gasteiger partial charge >= 0.3 is 0 Å². The summed E-state index contributed by atoms with van der Waals surface area (Å²) in [6.45, 7) is 4.31. The minimum atomic E-state index is -0.400. The summed E-state index contributed by atoms with van der Waals surface area (Å²) >= 11 is 4.80. The number of carbonyl (C=O) groups excluding carboxylic acids is 1. The maximum Gasteiger partial charge on any atom is 0.223 e. The molecule has 21 heavy (non-hydrogen) atoms. The number of rotatable bonds is 8. The van der Waals surface area contributed by atoms with Crippen molar-refractivity contribution in [2.75, 3.05) is 0 Å². The van der Waals surface area contributed by atoms with Gasteiger partial charge < -0.3 is 11.1 Å². The molecule has 0 bridgehead atoms. The van der Waals surface area contributed by atoms with E-state index in [4.69, 9.17) is 18.0 Å². The zero-order valence-corrected chi connectivity index (χ0v) is 13.4. The molecule has 1 aromatic carbocycles. The van der Waals surface area contributed by atoms with Crippen LogP contribution in [0.15, 0.2) is 18.2 Å². The molecule has 0 aliphatic carbocycles. The van der Waals surface area contributed by atoms with Gasteiger partial charge in [0, 0.05) is 23.6 Å². The Morgan fingerprint density at radius 1 is 1.33 bits per heavy atom. The third-order valence-corrected chi connectivity index (χ3v) is 3.67. The first-order chi connectivity index (χ1) is 9.99. The number of benzene rings is 1. The molecule has 0 spiro atoms. The van der Waals surface area contributed by atoms with Crippen LogP contribution in [-0.2, 0) is 11.3 Å². The Balaban J connectivity index is 2.65. The van der Waals surface area contributed by atoms with Crippen molar-refractivity contribution in [1.29, 1.82) is 0 Å². The largest absolute Gasteiger partial charge is 0.389 e. The molecule has 0 fully saturated rings. The van der Waals surface area contributed by atoms with Gasteiger partial charge in [-0.05, 0) is 18.9 Å². The highest BCUT2D eigenvalue weighted by Crippen LogP contribution is 2.15. The second-order valence-corrected chi connectivity index (χ2v) is 5.60. The monoisotopic (exact) mass is 310 g/mol. The van der Waals surface area contributed by atoms with E-state index < -0.39 is 5.82 Å². The molecular weight excluding hydrogens is 287 g/mol. The van der Waals surface area contributed by atoms with Crippen LogP contribution in [0.5, 0.6) is 0 Å². The maximum atomic E-state index is 13.9. The highest BCUT2D eigenvalue weighted by atomic mass is 32.1. The van der Waals surface area contributed by atoms with E-state index in [0.29, 0.717) is 11.1 Å². The average Bonchev–Trinajstić information content (AvgIpc) is 2.45. The van der Waals surface area contributed by atoms with Crippen molar-refractivity contribution in [2.45, 2.75) is 46.1 Å². The molecule has 0 radical (unpaired) electrons. The van der Waals surface area contributed by atoms with Crippen LogP contribution in [0.4, 0.5) is 4.39 Å². The lowest BCUT2D eigenvalue weighted by molar-refractivity contribution is -0.125. The van der Waals surface area contributed by atoms with Gasteiger partial charge in [0.2, 0.25) is 5.91 Å². The van der Waals surface area contributed by atoms with Crippen LogP contribution in [0.2, 0.25) is 0 Å². The van der Waals surface area contributed by atoms with E-state index in [-0.39, 0.29) is 23.4 Å². The van der Waals surface area contributed by atoms with E-state index in [2.05, 4.69) is 19.2 Å². The van der Waals surface area contributed by atoms with Gasteiger partial charge in [-0.1, -0.05) is 51.0 Å². The molecule has 1 amide bonds. The lowest BCUT2D eigenvalue weighted by Gasteiger charge is -2.15. The van der Waals surface area contributed by atoms with Crippen LogP contribution < -0.4 is 11.1 Å². The third-order valence-electron chi connectivity index (χ3n) is 3.44. The molecule has 0 saturated carbocycles. The first-order valence-corrected chi connectivity index (χ1v) is 7.76. The van der Waals surface area contributed by atoms with E-state index in [9.17, 15) is 9.18 Å². The summed E-state index contributed by atoms with van der Waals surface area (Å²) in [5, 5.41) is 2.82. The minimum Gasteiger partial charge on any atom is -0.389 e. The summed E-state index contributed by atoms with van der Waals surface area (Å²) in [7, 11) is 0. The molecule has 0 unspecified atom stereocenters. The summed E-state index contributed by atoms with van der Waals surface area (Å²) in [5.74, 6) is -0.390. The quantitative estimate of drug-likeness (QED) is 0.724. The molecule has 5 heteroatoms. The predicted molar refractivity (Wildman–Crippen MR) is 87.4 cm³/mol. The molecule has 1 rings (SSSR count). The van der Waals surface area contributed by atoms with Gasteiger partial charge in [0.1, 0.15) is 10.8 Å². The minimum absolute atomic E-state index is 0.00322. The summed E-state index contributed by atoms with van der Waals surface area (Å²) in [6, 6.07) is 4.58. The van der Waals surface area contributed by atoms with E-state index in [1.807, 2.05) is 0 Å². The molecule has 0 atom stereocenters. The number of amides is 1. The van der Waals surface area contributed by atoms with Crippen molar-refractivity contribution in [3.05, 3.63) is 35.1 Å². The van der Waals surface area contributed by atoms with Crippen LogP contribution in [0.3, 0.4) is 0 Å². The Morgan fingerprint density at radius 3 is 2.43 bits per heavy atom. The van der Waals surface area contributed by atoms with Crippen LogP contribution in [0.1, 0.15) is 50.7 Å². The fourth-order valence-electron chi connectivity index (χ4n) is 2.27. The first-order valence-electron chi connectivity index (χ1n) is 7.35. The van der Waals surface area contributed by atoms with E-state index in [1.54, 1.807) is 12.1 Å². The number of nitrogens with two attached hydrogens (primary N) is 1. The zero-order valence-electron chi connectivity index (χ0n) is 12.6. The second kappa shape index (κ2) is 8.72. The lowest BCUT2D eigenvalue weighted by atomic mass is 9.97. The van der Waals surface area contributed by atoms with Crippen molar-refractivity contribution in [2.24, 2.45) is 11.7 Å². The molecule has 0 heterocycles. The Hall–Kier alpha value is -1.49. The van der Waals surface area contributed by atoms with E-state index in [1.165, 1.54) is 6.07 Å². The second-order valence-electron chi connectivity index (χ2n) is 5.16. The van der Waals surface area contributed by atoms with Gasteiger partial charge in [-0.2, -0.15) is 0 Å². The van der Waals surface area contributed by atoms with Gasteiger partial charge in [0.15, 0.2) is 0 Å². The molecule has 116 valence electrons. The standard InChI is InChI=1S/C16H23FN2OS/c1-3-5-11(6-4-2)16(20)19-10-13-8-7-12(15(18)21)9-14(13)17/h7-9,11H,3-6,10H2,1-2H3,(H2,18,21)(H,19,20). The van der Waals surface area contributed by atoms with Gasteiger partial charge in [0.25, 0.3) is 0 Å². The Bertz CT molecular complexity index is 499. The summed E-state index contributed by atoms with van der Waals surface area (Å²) in [5.41, 5.74) is 6.39. The van der Waals surface area contributed by atoms with Crippen molar-refractivity contribution in [3.8, 4) is 0 Å². The van der Waals surface area contributed by atoms with Crippen LogP contribution in [0, 0.1) is 11.7 Å². The highest BCUT2D eigenvalue weighted by molar-refractivity contribution is 7.80. The topological polar surface area (TPSA) is 55.1 Å². The number of thiocarbonyl (C=S) groups is 1. The number of halogens is 1. The van der Waals surface area contributed by atoms with Crippen molar-refractivity contribution in [3.63, 3.8) is 0 Å². The smallest absolute Gasteiger partial charge is 0.223 e. The SMILES string of the molecule is CCCC(CCC)C(=O)NCc1ccc(C(N)=S)cc1F. The fraction of sp³-hybridized carbons (Fsp3) is 0.500. The number of hydrogen-bond donors (Lipinski definition) is 2. The fourth-order valence-corrected chi connectivity index (χ4v) is 2.40. The van der Waals surface area contributed by atoms with Crippen LogP contribution in [0.25, 0.3) is 0 Å². The lowest BCUT2D eigenvalue weighted by Crippen LogP contribution is -2.30. The van der Waals surface area contributed by atoms with Gasteiger partial charge in [-0.3, -0.25) is 4.79 Å². The van der Waals surface area contributed by atoms with Crippen LogP contribution in [-0.4, -0.2) is 10.9 Å². The molecule has 0 aliphatic heterocycles. The molecule has 0 saturated heterocycles. The van der Waals surface area contributed by atoms with Crippen molar-refractivity contribution < 1.29 is 9.18 Å². The predicted octanol–water partition coefficient (Wildman–Crippen LogP) is 3.29. The molecule has 0 aliphatic rings. The molecule has 3 N–H and O–H groups in total. The van der Waals surface area contributed by atoms with E-state index >= 15 is 0 Å². The third kappa shape index (κ3) is 5.42. The molecule has 3 nitrogen and oxygen atoms in total. The Kier molecular flexibility index (Phi) is 7.29. The summed E-state index contributed by atoms with van der Waals surface area (Å²) < 4.78 is 13.9. The molecule has 1 aromatic rings. The maximum absolute atomic E-state index is 13.9.